The molecule has 226 valence electrons. The highest BCUT2D eigenvalue weighted by molar-refractivity contribution is 7.09. The van der Waals surface area contributed by atoms with Crippen LogP contribution in [0.15, 0.2) is 103 Å². The van der Waals surface area contributed by atoms with Crippen LogP contribution >= 0.6 is 11.3 Å². The zero-order valence-corrected chi connectivity index (χ0v) is 25.8. The number of rotatable bonds is 15. The monoisotopic (exact) mass is 608 g/mol. The number of carbonyl (C=O) groups is 1. The molecule has 0 unspecified atom stereocenters. The second-order valence-corrected chi connectivity index (χ2v) is 11.2. The maximum atomic E-state index is 12.8. The first-order valence-corrected chi connectivity index (χ1v) is 15.3. The Morgan fingerprint density at radius 3 is 2.36 bits per heavy atom. The zero-order valence-electron chi connectivity index (χ0n) is 24.9. The van der Waals surface area contributed by atoms with E-state index in [0.29, 0.717) is 43.4 Å². The second kappa shape index (κ2) is 15.7. The van der Waals surface area contributed by atoms with E-state index in [9.17, 15) is 4.79 Å². The molecule has 0 atom stereocenters. The van der Waals surface area contributed by atoms with E-state index in [1.807, 2.05) is 60.0 Å². The molecule has 0 aliphatic carbocycles. The molecule has 2 heterocycles. The first kappa shape index (κ1) is 30.7. The predicted octanol–water partition coefficient (Wildman–Crippen LogP) is 6.31. The fourth-order valence-electron chi connectivity index (χ4n) is 4.68. The molecule has 0 fully saturated rings. The highest BCUT2D eigenvalue weighted by Gasteiger charge is 2.15. The Balaban J connectivity index is 1.24. The van der Waals surface area contributed by atoms with Crippen LogP contribution in [0.2, 0.25) is 0 Å². The first-order valence-electron chi connectivity index (χ1n) is 14.4. The molecular formula is C35H36N4O4S. The van der Waals surface area contributed by atoms with Gasteiger partial charge in [0.25, 0.3) is 5.91 Å². The molecule has 9 heteroatoms. The lowest BCUT2D eigenvalue weighted by molar-refractivity contribution is 0.0946. The molecule has 0 aliphatic heterocycles. The summed E-state index contributed by atoms with van der Waals surface area (Å²) in [6, 6.07) is 28.2. The number of nitrogens with zero attached hydrogens (tertiary/aromatic N) is 3. The summed E-state index contributed by atoms with van der Waals surface area (Å²) < 4.78 is 16.9. The van der Waals surface area contributed by atoms with Gasteiger partial charge in [-0.15, -0.1) is 11.3 Å². The Kier molecular flexibility index (Phi) is 10.9. The third-order valence-corrected chi connectivity index (χ3v) is 7.90. The van der Waals surface area contributed by atoms with Gasteiger partial charge in [-0.25, -0.2) is 4.98 Å². The molecule has 3 aromatic carbocycles. The number of amides is 1. The number of aromatic nitrogens is 2. The van der Waals surface area contributed by atoms with Gasteiger partial charge in [0.05, 0.1) is 20.8 Å². The lowest BCUT2D eigenvalue weighted by atomic mass is 10.1. The minimum atomic E-state index is -0.195. The summed E-state index contributed by atoms with van der Waals surface area (Å²) in [5, 5.41) is 5.63. The fraction of sp³-hybridized carbons (Fsp3) is 0.229. The quantitative estimate of drug-likeness (QED) is 0.149. The second-order valence-electron chi connectivity index (χ2n) is 10.2. The Morgan fingerprint density at radius 2 is 1.61 bits per heavy atom. The van der Waals surface area contributed by atoms with E-state index in [1.54, 1.807) is 26.6 Å². The van der Waals surface area contributed by atoms with Crippen LogP contribution in [0.5, 0.6) is 17.2 Å². The normalized spacial score (nSPS) is 10.9. The van der Waals surface area contributed by atoms with Crippen molar-refractivity contribution >= 4 is 17.2 Å². The van der Waals surface area contributed by atoms with Gasteiger partial charge < -0.3 is 19.5 Å². The molecule has 0 aliphatic rings. The van der Waals surface area contributed by atoms with Gasteiger partial charge >= 0.3 is 0 Å². The highest BCUT2D eigenvalue weighted by atomic mass is 32.1. The molecule has 5 aromatic rings. The van der Waals surface area contributed by atoms with Crippen molar-refractivity contribution in [1.82, 2.24) is 20.2 Å². The molecule has 0 saturated heterocycles. The third-order valence-electron chi connectivity index (χ3n) is 7.06. The third kappa shape index (κ3) is 8.89. The molecule has 8 nitrogen and oxygen atoms in total. The van der Waals surface area contributed by atoms with Gasteiger partial charge in [0.2, 0.25) is 0 Å². The van der Waals surface area contributed by atoms with E-state index in [0.717, 1.165) is 46.0 Å². The first-order chi connectivity index (χ1) is 21.6. The van der Waals surface area contributed by atoms with Gasteiger partial charge in [0, 0.05) is 37.4 Å². The largest absolute Gasteiger partial charge is 0.493 e. The van der Waals surface area contributed by atoms with Crippen LogP contribution in [0.4, 0.5) is 0 Å². The lowest BCUT2D eigenvalue weighted by Crippen LogP contribution is -2.26. The van der Waals surface area contributed by atoms with Crippen LogP contribution in [-0.2, 0) is 32.7 Å². The van der Waals surface area contributed by atoms with Crippen molar-refractivity contribution in [3.63, 3.8) is 0 Å². The fourth-order valence-corrected chi connectivity index (χ4v) is 5.50. The molecule has 1 amide bonds. The Labute approximate surface area is 262 Å². The molecule has 0 radical (unpaired) electrons. The van der Waals surface area contributed by atoms with Gasteiger partial charge in [0.1, 0.15) is 23.1 Å². The maximum Gasteiger partial charge on any atom is 0.271 e. The minimum absolute atomic E-state index is 0.195. The van der Waals surface area contributed by atoms with Crippen LogP contribution in [0.3, 0.4) is 0 Å². The molecule has 0 bridgehead atoms. The van der Waals surface area contributed by atoms with E-state index < -0.39 is 0 Å². The van der Waals surface area contributed by atoms with Gasteiger partial charge in [0.15, 0.2) is 11.5 Å². The Hall–Kier alpha value is -4.73. The van der Waals surface area contributed by atoms with Crippen molar-refractivity contribution in [2.45, 2.75) is 32.7 Å². The standard InChI is InChI=1S/C35H36N4O4S/c1-41-32-15-12-26(19-33(32)42-2)16-18-39(22-27-10-13-30(14-11-27)43-24-28-7-4-3-5-8-28)23-34-38-31(25-44-34)35(40)37-21-29-9-6-17-36-20-29/h3-15,17,19-20,25H,16,18,21-24H2,1-2H3,(H,37,40). The molecule has 44 heavy (non-hydrogen) atoms. The summed E-state index contributed by atoms with van der Waals surface area (Å²) >= 11 is 1.50. The van der Waals surface area contributed by atoms with Crippen molar-refractivity contribution in [1.29, 1.82) is 0 Å². The maximum absolute atomic E-state index is 12.8. The minimum Gasteiger partial charge on any atom is -0.493 e. The summed E-state index contributed by atoms with van der Waals surface area (Å²) in [4.78, 5) is 23.9. The van der Waals surface area contributed by atoms with Gasteiger partial charge in [-0.1, -0.05) is 54.6 Å². The Morgan fingerprint density at radius 1 is 0.841 bits per heavy atom. The molecule has 2 aromatic heterocycles. The predicted molar refractivity (Wildman–Crippen MR) is 172 cm³/mol. The molecular weight excluding hydrogens is 572 g/mol. The number of thiazole rings is 1. The topological polar surface area (TPSA) is 85.8 Å². The zero-order chi connectivity index (χ0) is 30.6. The number of carbonyl (C=O) groups excluding carboxylic acids is 1. The SMILES string of the molecule is COc1ccc(CCN(Cc2ccc(OCc3ccccc3)cc2)Cc2nc(C(=O)NCc3cccnc3)cs2)cc1OC. The number of hydrogen-bond acceptors (Lipinski definition) is 8. The molecule has 0 spiro atoms. The van der Waals surface area contributed by atoms with E-state index in [-0.39, 0.29) is 5.91 Å². The van der Waals surface area contributed by atoms with Crippen molar-refractivity contribution in [2.24, 2.45) is 0 Å². The number of hydrogen-bond donors (Lipinski definition) is 1. The lowest BCUT2D eigenvalue weighted by Gasteiger charge is -2.22. The van der Waals surface area contributed by atoms with Crippen LogP contribution in [0.1, 0.15) is 37.7 Å². The van der Waals surface area contributed by atoms with Crippen LogP contribution < -0.4 is 19.5 Å². The van der Waals surface area contributed by atoms with Gasteiger partial charge in [-0.05, 0) is 59.0 Å². The number of pyridine rings is 1. The molecule has 0 saturated carbocycles. The summed E-state index contributed by atoms with van der Waals surface area (Å²) in [6.45, 7) is 3.04. The number of benzene rings is 3. The van der Waals surface area contributed by atoms with Gasteiger partial charge in [-0.2, -0.15) is 0 Å². The highest BCUT2D eigenvalue weighted by Crippen LogP contribution is 2.28. The average molecular weight is 609 g/mol. The number of nitrogens with one attached hydrogen (secondary N) is 1. The number of ether oxygens (including phenoxy) is 3. The summed E-state index contributed by atoms with van der Waals surface area (Å²) in [7, 11) is 3.28. The average Bonchev–Trinajstić information content (AvgIpc) is 3.55. The summed E-state index contributed by atoms with van der Waals surface area (Å²) in [6.07, 6.45) is 4.26. The van der Waals surface area contributed by atoms with E-state index in [2.05, 4.69) is 50.5 Å². The molecule has 1 N–H and O–H groups in total. The van der Waals surface area contributed by atoms with Gasteiger partial charge in [-0.3, -0.25) is 14.7 Å². The van der Waals surface area contributed by atoms with E-state index in [4.69, 9.17) is 14.2 Å². The van der Waals surface area contributed by atoms with Crippen LogP contribution in [0.25, 0.3) is 0 Å². The molecule has 5 rings (SSSR count). The van der Waals surface area contributed by atoms with Crippen LogP contribution in [-0.4, -0.2) is 41.5 Å². The van der Waals surface area contributed by atoms with E-state index >= 15 is 0 Å². The van der Waals surface area contributed by atoms with Crippen molar-refractivity contribution in [2.75, 3.05) is 20.8 Å². The smallest absolute Gasteiger partial charge is 0.271 e. The van der Waals surface area contributed by atoms with Crippen molar-refractivity contribution in [3.05, 3.63) is 136 Å². The Bertz CT molecular complexity index is 1610. The van der Waals surface area contributed by atoms with Crippen LogP contribution in [0, 0.1) is 0 Å². The van der Waals surface area contributed by atoms with E-state index in [1.165, 1.54) is 11.3 Å². The summed E-state index contributed by atoms with van der Waals surface area (Å²) in [5.74, 6) is 2.06. The van der Waals surface area contributed by atoms with Crippen molar-refractivity contribution in [3.8, 4) is 17.2 Å². The number of methoxy groups -OCH3 is 2. The van der Waals surface area contributed by atoms with Crippen molar-refractivity contribution < 1.29 is 19.0 Å². The summed E-state index contributed by atoms with van der Waals surface area (Å²) in [5.41, 5.74) is 4.80.